The van der Waals surface area contributed by atoms with Gasteiger partial charge in [0.15, 0.2) is 0 Å². The first kappa shape index (κ1) is 10.6. The Morgan fingerprint density at radius 2 is 2.20 bits per heavy atom. The van der Waals surface area contributed by atoms with Crippen LogP contribution in [0.4, 0.5) is 0 Å². The van der Waals surface area contributed by atoms with E-state index < -0.39 is 0 Å². The molecule has 0 atom stereocenters. The van der Waals surface area contributed by atoms with E-state index in [1.165, 1.54) is 0 Å². The molecule has 0 aliphatic carbocycles. The maximum atomic E-state index is 9.24. The molecule has 4 heteroatoms. The van der Waals surface area contributed by atoms with Crippen molar-refractivity contribution < 1.29 is 5.11 Å². The maximum absolute atomic E-state index is 9.24. The average molecular weight is 269 g/mol. The van der Waals surface area contributed by atoms with Crippen molar-refractivity contribution >= 4 is 27.0 Å². The molecular weight excluding hydrogens is 256 g/mol. The Morgan fingerprint density at radius 3 is 2.80 bits per heavy atom. The van der Waals surface area contributed by atoms with E-state index in [9.17, 15) is 5.11 Å². The molecule has 0 saturated heterocycles. The molecule has 80 valence electrons. The van der Waals surface area contributed by atoms with Crippen molar-refractivity contribution in [1.29, 1.82) is 0 Å². The van der Waals surface area contributed by atoms with Crippen molar-refractivity contribution in [2.24, 2.45) is 0 Å². The molecule has 1 aromatic heterocycles. The topological polar surface area (TPSA) is 38.0 Å². The Labute approximate surface area is 96.9 Å². The zero-order valence-electron chi connectivity index (χ0n) is 8.74. The van der Waals surface area contributed by atoms with Crippen molar-refractivity contribution in [3.05, 3.63) is 28.5 Å². The number of aliphatic hydroxyl groups excluding tert-OH is 1. The smallest absolute Gasteiger partial charge is 0.135 e. The highest BCUT2D eigenvalue weighted by Gasteiger charge is 2.12. The summed E-state index contributed by atoms with van der Waals surface area (Å²) in [5, 5.41) is 9.24. The number of halogens is 1. The van der Waals surface area contributed by atoms with Crippen LogP contribution in [-0.4, -0.2) is 14.7 Å². The van der Waals surface area contributed by atoms with Gasteiger partial charge in [0.05, 0.1) is 11.0 Å². The van der Waals surface area contributed by atoms with Crippen molar-refractivity contribution in [2.75, 3.05) is 0 Å². The molecule has 0 spiro atoms. The van der Waals surface area contributed by atoms with Crippen LogP contribution in [0.5, 0.6) is 0 Å². The standard InChI is InChI=1S/C11H13BrN2O/c1-7(2)14-10-5-8(12)3-4-9(10)13-11(14)6-15/h3-5,7,15H,6H2,1-2H3. The van der Waals surface area contributed by atoms with Crippen LogP contribution in [0, 0.1) is 0 Å². The third kappa shape index (κ3) is 1.79. The number of fused-ring (bicyclic) bond motifs is 1. The summed E-state index contributed by atoms with van der Waals surface area (Å²) in [5.74, 6) is 0.720. The summed E-state index contributed by atoms with van der Waals surface area (Å²) in [4.78, 5) is 4.39. The molecule has 3 nitrogen and oxygen atoms in total. The van der Waals surface area contributed by atoms with Crippen molar-refractivity contribution in [3.63, 3.8) is 0 Å². The second-order valence-corrected chi connectivity index (χ2v) is 4.70. The van der Waals surface area contributed by atoms with Gasteiger partial charge in [0.2, 0.25) is 0 Å². The molecule has 0 aliphatic rings. The van der Waals surface area contributed by atoms with E-state index in [0.29, 0.717) is 6.04 Å². The molecule has 15 heavy (non-hydrogen) atoms. The van der Waals surface area contributed by atoms with Crippen molar-refractivity contribution in [2.45, 2.75) is 26.5 Å². The zero-order chi connectivity index (χ0) is 11.0. The van der Waals surface area contributed by atoms with Gasteiger partial charge >= 0.3 is 0 Å². The third-order valence-corrected chi connectivity index (χ3v) is 2.88. The van der Waals surface area contributed by atoms with Gasteiger partial charge in [0, 0.05) is 10.5 Å². The average Bonchev–Trinajstić information content (AvgIpc) is 2.55. The number of nitrogens with zero attached hydrogens (tertiary/aromatic N) is 2. The van der Waals surface area contributed by atoms with Crippen LogP contribution in [0.25, 0.3) is 11.0 Å². The van der Waals surface area contributed by atoms with Crippen LogP contribution in [0.15, 0.2) is 22.7 Å². The summed E-state index contributed by atoms with van der Waals surface area (Å²) in [6, 6.07) is 6.24. The highest BCUT2D eigenvalue weighted by molar-refractivity contribution is 9.10. The Hall–Kier alpha value is -0.870. The highest BCUT2D eigenvalue weighted by Crippen LogP contribution is 2.24. The summed E-state index contributed by atoms with van der Waals surface area (Å²) < 4.78 is 3.08. The molecule has 1 heterocycles. The van der Waals surface area contributed by atoms with E-state index in [4.69, 9.17) is 0 Å². The number of benzene rings is 1. The zero-order valence-corrected chi connectivity index (χ0v) is 10.3. The van der Waals surface area contributed by atoms with E-state index in [-0.39, 0.29) is 6.61 Å². The van der Waals surface area contributed by atoms with Crippen LogP contribution in [0.1, 0.15) is 25.7 Å². The largest absolute Gasteiger partial charge is 0.388 e. The molecule has 0 bridgehead atoms. The summed E-state index contributed by atoms with van der Waals surface area (Å²) in [5.41, 5.74) is 1.99. The van der Waals surface area contributed by atoms with Crippen LogP contribution in [0.2, 0.25) is 0 Å². The minimum Gasteiger partial charge on any atom is -0.388 e. The molecule has 2 rings (SSSR count). The Morgan fingerprint density at radius 1 is 1.47 bits per heavy atom. The third-order valence-electron chi connectivity index (χ3n) is 2.38. The van der Waals surface area contributed by atoms with Gasteiger partial charge in [-0.05, 0) is 32.0 Å². The van der Waals surface area contributed by atoms with Gasteiger partial charge in [-0.1, -0.05) is 15.9 Å². The molecule has 0 fully saturated rings. The molecule has 0 radical (unpaired) electrons. The van der Waals surface area contributed by atoms with Crippen molar-refractivity contribution in [1.82, 2.24) is 9.55 Å². The van der Waals surface area contributed by atoms with E-state index in [2.05, 4.69) is 39.3 Å². The Balaban J connectivity index is 2.76. The lowest BCUT2D eigenvalue weighted by atomic mass is 10.3. The van der Waals surface area contributed by atoms with Crippen molar-refractivity contribution in [3.8, 4) is 0 Å². The number of hydrogen-bond donors (Lipinski definition) is 1. The number of hydrogen-bond acceptors (Lipinski definition) is 2. The maximum Gasteiger partial charge on any atom is 0.135 e. The molecular formula is C11H13BrN2O. The fourth-order valence-electron chi connectivity index (χ4n) is 1.80. The predicted octanol–water partition coefficient (Wildman–Crippen LogP) is 2.87. The highest BCUT2D eigenvalue weighted by atomic mass is 79.9. The molecule has 1 N–H and O–H groups in total. The molecule has 2 aromatic rings. The van der Waals surface area contributed by atoms with E-state index in [1.807, 2.05) is 18.2 Å². The summed E-state index contributed by atoms with van der Waals surface area (Å²) in [7, 11) is 0. The molecule has 0 unspecified atom stereocenters. The first-order valence-electron chi connectivity index (χ1n) is 4.90. The SMILES string of the molecule is CC(C)n1c(CO)nc2ccc(Br)cc21. The Kier molecular flexibility index (Phi) is 2.80. The second kappa shape index (κ2) is 3.94. The molecule has 0 aliphatic heterocycles. The summed E-state index contributed by atoms with van der Waals surface area (Å²) >= 11 is 3.44. The normalized spacial score (nSPS) is 11.5. The quantitative estimate of drug-likeness (QED) is 0.910. The van der Waals surface area contributed by atoms with Crippen LogP contribution in [-0.2, 0) is 6.61 Å². The number of rotatable bonds is 2. The summed E-state index contributed by atoms with van der Waals surface area (Å²) in [6.45, 7) is 4.15. The number of aromatic nitrogens is 2. The first-order chi connectivity index (χ1) is 7.13. The van der Waals surface area contributed by atoms with Gasteiger partial charge in [-0.25, -0.2) is 4.98 Å². The van der Waals surface area contributed by atoms with Gasteiger partial charge in [-0.2, -0.15) is 0 Å². The van der Waals surface area contributed by atoms with E-state index >= 15 is 0 Å². The van der Waals surface area contributed by atoms with Gasteiger partial charge < -0.3 is 9.67 Å². The number of imidazole rings is 1. The van der Waals surface area contributed by atoms with Gasteiger partial charge in [-0.3, -0.25) is 0 Å². The predicted molar refractivity (Wildman–Crippen MR) is 63.7 cm³/mol. The molecule has 0 amide bonds. The fraction of sp³-hybridized carbons (Fsp3) is 0.364. The monoisotopic (exact) mass is 268 g/mol. The van der Waals surface area contributed by atoms with Gasteiger partial charge in [0.1, 0.15) is 12.4 Å². The summed E-state index contributed by atoms with van der Waals surface area (Å²) in [6.07, 6.45) is 0. The Bertz CT molecular complexity index is 491. The molecule has 1 aromatic carbocycles. The first-order valence-corrected chi connectivity index (χ1v) is 5.70. The van der Waals surface area contributed by atoms with Gasteiger partial charge in [-0.15, -0.1) is 0 Å². The fourth-order valence-corrected chi connectivity index (χ4v) is 2.15. The lowest BCUT2D eigenvalue weighted by molar-refractivity contribution is 0.263. The van der Waals surface area contributed by atoms with Crippen LogP contribution in [0.3, 0.4) is 0 Å². The van der Waals surface area contributed by atoms with E-state index in [1.54, 1.807) is 0 Å². The minimum atomic E-state index is -0.0233. The lowest BCUT2D eigenvalue weighted by Gasteiger charge is -2.11. The lowest BCUT2D eigenvalue weighted by Crippen LogP contribution is -2.05. The minimum absolute atomic E-state index is 0.0233. The number of aliphatic hydroxyl groups is 1. The second-order valence-electron chi connectivity index (χ2n) is 3.78. The van der Waals surface area contributed by atoms with E-state index in [0.717, 1.165) is 21.3 Å². The van der Waals surface area contributed by atoms with Gasteiger partial charge in [0.25, 0.3) is 0 Å². The van der Waals surface area contributed by atoms with Crippen LogP contribution < -0.4 is 0 Å². The van der Waals surface area contributed by atoms with Crippen LogP contribution >= 0.6 is 15.9 Å². The molecule has 0 saturated carbocycles.